The highest BCUT2D eigenvalue weighted by molar-refractivity contribution is 7.10. The fraction of sp³-hybridized carbons (Fsp3) is 0.500. The molecule has 0 bridgehead atoms. The summed E-state index contributed by atoms with van der Waals surface area (Å²) in [5, 5.41) is 2.11. The number of rotatable bonds is 8. The predicted octanol–water partition coefficient (Wildman–Crippen LogP) is 4.05. The van der Waals surface area contributed by atoms with Crippen LogP contribution < -0.4 is 0 Å². The summed E-state index contributed by atoms with van der Waals surface area (Å²) in [7, 11) is 1.51. The van der Waals surface area contributed by atoms with Gasteiger partial charge in [0.15, 0.2) is 0 Å². The minimum Gasteiger partial charge on any atom is -0.375 e. The molecule has 30 heavy (non-hydrogen) atoms. The van der Waals surface area contributed by atoms with Gasteiger partial charge in [-0.15, -0.1) is 11.3 Å². The van der Waals surface area contributed by atoms with Gasteiger partial charge in [0, 0.05) is 25.1 Å². The Bertz CT molecular complexity index is 877. The molecule has 1 atom stereocenters. The average Bonchev–Trinajstić information content (AvgIpc) is 3.19. The van der Waals surface area contributed by atoms with Crippen molar-refractivity contribution in [1.82, 2.24) is 9.80 Å². The summed E-state index contributed by atoms with van der Waals surface area (Å²) in [6.07, 6.45) is 1.72. The average molecular weight is 429 g/mol. The molecule has 0 N–H and O–H groups in total. The van der Waals surface area contributed by atoms with Crippen LogP contribution in [0.15, 0.2) is 35.7 Å². The molecule has 2 heterocycles. The molecule has 1 aromatic heterocycles. The van der Waals surface area contributed by atoms with Gasteiger partial charge in [-0.05, 0) is 53.8 Å². The third kappa shape index (κ3) is 5.10. The van der Waals surface area contributed by atoms with Gasteiger partial charge in [-0.25, -0.2) is 0 Å². The Kier molecular flexibility index (Phi) is 7.67. The van der Waals surface area contributed by atoms with Crippen molar-refractivity contribution in [3.63, 3.8) is 0 Å². The highest BCUT2D eigenvalue weighted by Crippen LogP contribution is 2.38. The second-order valence-electron chi connectivity index (χ2n) is 8.33. The minimum atomic E-state index is -0.132. The largest absolute Gasteiger partial charge is 0.375 e. The number of amides is 2. The summed E-state index contributed by atoms with van der Waals surface area (Å²) in [6.45, 7) is 7.67. The van der Waals surface area contributed by atoms with E-state index in [0.29, 0.717) is 19.0 Å². The molecule has 5 nitrogen and oxygen atoms in total. The van der Waals surface area contributed by atoms with E-state index in [1.54, 1.807) is 16.2 Å². The Hall–Kier alpha value is -2.18. The lowest BCUT2D eigenvalue weighted by Gasteiger charge is -2.38. The van der Waals surface area contributed by atoms with E-state index in [9.17, 15) is 9.59 Å². The first-order chi connectivity index (χ1) is 14.4. The molecular weight excluding hydrogens is 396 g/mol. The minimum absolute atomic E-state index is 0.00127. The van der Waals surface area contributed by atoms with E-state index in [-0.39, 0.29) is 31.0 Å². The molecule has 2 aromatic rings. The lowest BCUT2D eigenvalue weighted by atomic mass is 9.90. The number of aryl methyl sites for hydroxylation is 1. The van der Waals surface area contributed by atoms with Crippen molar-refractivity contribution < 1.29 is 14.3 Å². The Morgan fingerprint density at radius 3 is 2.70 bits per heavy atom. The fourth-order valence-corrected chi connectivity index (χ4v) is 4.89. The molecule has 0 radical (unpaired) electrons. The molecule has 0 saturated carbocycles. The van der Waals surface area contributed by atoms with Crippen molar-refractivity contribution in [2.24, 2.45) is 5.92 Å². The van der Waals surface area contributed by atoms with Crippen LogP contribution in [0, 0.1) is 12.8 Å². The van der Waals surface area contributed by atoms with E-state index < -0.39 is 0 Å². The number of methoxy groups -OCH3 is 1. The van der Waals surface area contributed by atoms with Gasteiger partial charge in [0.2, 0.25) is 11.8 Å². The van der Waals surface area contributed by atoms with E-state index >= 15 is 0 Å². The maximum Gasteiger partial charge on any atom is 0.249 e. The molecule has 1 aliphatic rings. The number of carbonyl (C=O) groups is 2. The number of thiophene rings is 1. The maximum absolute atomic E-state index is 13.5. The standard InChI is InChI=1S/C24H32N2O3S/c1-17(2)9-12-25(23(28)16-29-4)15-22(27)26-13-10-21-20(11-14-30-21)24(26)19-8-6-5-7-18(19)3/h5-8,11,14,17,24H,9-10,12-13,15-16H2,1-4H3. The first-order valence-corrected chi connectivity index (χ1v) is 11.5. The zero-order chi connectivity index (χ0) is 21.7. The van der Waals surface area contributed by atoms with Crippen LogP contribution >= 0.6 is 11.3 Å². The van der Waals surface area contributed by atoms with Gasteiger partial charge < -0.3 is 14.5 Å². The van der Waals surface area contributed by atoms with Crippen LogP contribution in [-0.4, -0.2) is 55.0 Å². The monoisotopic (exact) mass is 428 g/mol. The number of benzene rings is 1. The van der Waals surface area contributed by atoms with Gasteiger partial charge >= 0.3 is 0 Å². The van der Waals surface area contributed by atoms with Gasteiger partial charge in [-0.2, -0.15) is 0 Å². The lowest BCUT2D eigenvalue weighted by Crippen LogP contribution is -2.47. The Morgan fingerprint density at radius 1 is 1.23 bits per heavy atom. The zero-order valence-electron chi connectivity index (χ0n) is 18.4. The lowest BCUT2D eigenvalue weighted by molar-refractivity contribution is -0.143. The molecule has 1 unspecified atom stereocenters. The van der Waals surface area contributed by atoms with Crippen LogP contribution in [0.2, 0.25) is 0 Å². The third-order valence-corrected chi connectivity index (χ3v) is 6.69. The number of carbonyl (C=O) groups excluding carboxylic acids is 2. The van der Waals surface area contributed by atoms with Crippen molar-refractivity contribution in [3.05, 3.63) is 57.3 Å². The van der Waals surface area contributed by atoms with E-state index in [2.05, 4.69) is 44.4 Å². The van der Waals surface area contributed by atoms with Gasteiger partial charge in [-0.3, -0.25) is 9.59 Å². The summed E-state index contributed by atoms with van der Waals surface area (Å²) in [6, 6.07) is 10.3. The SMILES string of the molecule is COCC(=O)N(CCC(C)C)CC(=O)N1CCc2sccc2C1c1ccccc1C. The summed E-state index contributed by atoms with van der Waals surface area (Å²) >= 11 is 1.76. The van der Waals surface area contributed by atoms with Crippen LogP contribution in [0.3, 0.4) is 0 Å². The Balaban J connectivity index is 1.87. The Morgan fingerprint density at radius 2 is 2.00 bits per heavy atom. The van der Waals surface area contributed by atoms with Crippen LogP contribution in [0.5, 0.6) is 0 Å². The maximum atomic E-state index is 13.5. The van der Waals surface area contributed by atoms with Crippen molar-refractivity contribution in [1.29, 1.82) is 0 Å². The molecular formula is C24H32N2O3S. The molecule has 0 aliphatic carbocycles. The molecule has 0 saturated heterocycles. The van der Waals surface area contributed by atoms with E-state index in [1.807, 2.05) is 17.0 Å². The molecule has 2 amide bonds. The van der Waals surface area contributed by atoms with Crippen molar-refractivity contribution in [3.8, 4) is 0 Å². The van der Waals surface area contributed by atoms with Gasteiger partial charge in [0.1, 0.15) is 6.61 Å². The van der Waals surface area contributed by atoms with Crippen molar-refractivity contribution in [2.45, 2.75) is 39.7 Å². The number of hydrogen-bond acceptors (Lipinski definition) is 4. The summed E-state index contributed by atoms with van der Waals surface area (Å²) in [5.74, 6) is 0.321. The molecule has 0 fully saturated rings. The fourth-order valence-electron chi connectivity index (χ4n) is 3.99. The molecule has 0 spiro atoms. The van der Waals surface area contributed by atoms with Gasteiger partial charge in [0.05, 0.1) is 12.6 Å². The third-order valence-electron chi connectivity index (χ3n) is 5.69. The van der Waals surface area contributed by atoms with Crippen molar-refractivity contribution >= 4 is 23.2 Å². The van der Waals surface area contributed by atoms with Crippen molar-refractivity contribution in [2.75, 3.05) is 33.4 Å². The smallest absolute Gasteiger partial charge is 0.249 e. The highest BCUT2D eigenvalue weighted by Gasteiger charge is 2.34. The van der Waals surface area contributed by atoms with Gasteiger partial charge in [-0.1, -0.05) is 38.1 Å². The van der Waals surface area contributed by atoms with Crippen LogP contribution in [0.25, 0.3) is 0 Å². The zero-order valence-corrected chi connectivity index (χ0v) is 19.2. The van der Waals surface area contributed by atoms with Crippen LogP contribution in [0.4, 0.5) is 0 Å². The number of fused-ring (bicyclic) bond motifs is 1. The first kappa shape index (κ1) is 22.5. The Labute approximate surface area is 183 Å². The second-order valence-corrected chi connectivity index (χ2v) is 9.33. The highest BCUT2D eigenvalue weighted by atomic mass is 32.1. The van der Waals surface area contributed by atoms with Gasteiger partial charge in [0.25, 0.3) is 0 Å². The predicted molar refractivity (Wildman–Crippen MR) is 121 cm³/mol. The van der Waals surface area contributed by atoms with E-state index in [4.69, 9.17) is 4.74 Å². The molecule has 162 valence electrons. The summed E-state index contributed by atoms with van der Waals surface area (Å²) in [5.41, 5.74) is 3.54. The number of nitrogens with zero attached hydrogens (tertiary/aromatic N) is 2. The molecule has 1 aromatic carbocycles. The summed E-state index contributed by atoms with van der Waals surface area (Å²) < 4.78 is 5.05. The quantitative estimate of drug-likeness (QED) is 0.637. The topological polar surface area (TPSA) is 49.9 Å². The van der Waals surface area contributed by atoms with E-state index in [1.165, 1.54) is 23.1 Å². The first-order valence-electron chi connectivity index (χ1n) is 10.6. The van der Waals surface area contributed by atoms with E-state index in [0.717, 1.165) is 18.4 Å². The molecule has 6 heteroatoms. The number of ether oxygens (including phenoxy) is 1. The molecule has 3 rings (SSSR count). The summed E-state index contributed by atoms with van der Waals surface area (Å²) in [4.78, 5) is 31.0. The second kappa shape index (κ2) is 10.2. The number of hydrogen-bond donors (Lipinski definition) is 0. The van der Waals surface area contributed by atoms with Crippen LogP contribution in [-0.2, 0) is 20.7 Å². The normalized spacial score (nSPS) is 15.9. The molecule has 1 aliphatic heterocycles. The van der Waals surface area contributed by atoms with Crippen LogP contribution in [0.1, 0.15) is 47.9 Å².